The first kappa shape index (κ1) is 29.6. The molecule has 2 aliphatic rings. The Kier molecular flexibility index (Phi) is 8.07. The number of piperidine rings is 1. The van der Waals surface area contributed by atoms with Gasteiger partial charge in [-0.3, -0.25) is 4.79 Å². The zero-order valence-electron chi connectivity index (χ0n) is 22.3. The number of carbonyl (C=O) groups excluding carboxylic acids is 1. The van der Waals surface area contributed by atoms with E-state index in [1.807, 2.05) is 0 Å². The van der Waals surface area contributed by atoms with Gasteiger partial charge in [-0.2, -0.15) is 13.1 Å². The average molecular weight is 620 g/mol. The van der Waals surface area contributed by atoms with Gasteiger partial charge in [0.25, 0.3) is 16.1 Å². The van der Waals surface area contributed by atoms with Crippen LogP contribution in [0, 0.1) is 11.6 Å². The number of nitrogens with one attached hydrogen (secondary N) is 2. The lowest BCUT2D eigenvalue weighted by Gasteiger charge is -2.41. The van der Waals surface area contributed by atoms with E-state index in [1.54, 1.807) is 22.7 Å². The van der Waals surface area contributed by atoms with Crippen molar-refractivity contribution in [1.82, 2.24) is 19.1 Å². The maximum absolute atomic E-state index is 15.0. The lowest BCUT2D eigenvalue weighted by molar-refractivity contribution is 0.102. The van der Waals surface area contributed by atoms with Gasteiger partial charge in [-0.1, -0.05) is 6.07 Å². The van der Waals surface area contributed by atoms with E-state index < -0.39 is 27.8 Å². The van der Waals surface area contributed by atoms with E-state index in [0.29, 0.717) is 24.2 Å². The fourth-order valence-electron chi connectivity index (χ4n) is 6.03. The smallest absolute Gasteiger partial charge is 0.275 e. The topological polar surface area (TPSA) is 144 Å². The maximum Gasteiger partial charge on any atom is 0.275 e. The van der Waals surface area contributed by atoms with Crippen molar-refractivity contribution in [2.24, 2.45) is 5.14 Å². The van der Waals surface area contributed by atoms with E-state index in [9.17, 15) is 22.0 Å². The van der Waals surface area contributed by atoms with Gasteiger partial charge >= 0.3 is 0 Å². The first-order valence-electron chi connectivity index (χ1n) is 13.0. The Bertz CT molecular complexity index is 1760. The summed E-state index contributed by atoms with van der Waals surface area (Å²) in [6.07, 6.45) is 7.23. The van der Waals surface area contributed by atoms with Crippen LogP contribution in [0.3, 0.4) is 0 Å². The Morgan fingerprint density at radius 3 is 2.57 bits per heavy atom. The number of rotatable bonds is 7. The van der Waals surface area contributed by atoms with E-state index >= 15 is 0 Å². The van der Waals surface area contributed by atoms with Gasteiger partial charge in [0.15, 0.2) is 5.65 Å². The highest BCUT2D eigenvalue weighted by molar-refractivity contribution is 7.87. The van der Waals surface area contributed by atoms with Crippen molar-refractivity contribution >= 4 is 45.5 Å². The Labute approximate surface area is 246 Å². The van der Waals surface area contributed by atoms with Gasteiger partial charge in [0.05, 0.1) is 24.0 Å². The molecule has 222 valence electrons. The molecule has 2 saturated heterocycles. The lowest BCUT2D eigenvalue weighted by atomic mass is 9.97. The molecule has 0 saturated carbocycles. The zero-order valence-corrected chi connectivity index (χ0v) is 24.0. The minimum absolute atomic E-state index is 0. The van der Waals surface area contributed by atoms with Gasteiger partial charge in [-0.15, -0.1) is 12.4 Å². The number of fused-ring (bicyclic) bond motifs is 3. The monoisotopic (exact) mass is 619 g/mol. The fourth-order valence-corrected chi connectivity index (χ4v) is 6.69. The van der Waals surface area contributed by atoms with Gasteiger partial charge < -0.3 is 19.4 Å². The zero-order chi connectivity index (χ0) is 28.9. The molecule has 2 fully saturated rings. The molecule has 4 heterocycles. The second kappa shape index (κ2) is 11.4. The number of nitrogens with zero attached hydrogens (tertiary/aromatic N) is 4. The van der Waals surface area contributed by atoms with Gasteiger partial charge in [-0.25, -0.2) is 23.9 Å². The summed E-state index contributed by atoms with van der Waals surface area (Å²) >= 11 is 0. The van der Waals surface area contributed by atoms with Crippen LogP contribution in [0.1, 0.15) is 36.2 Å². The lowest BCUT2D eigenvalue weighted by Crippen LogP contribution is -2.51. The number of hydrogen-bond donors (Lipinski definition) is 3. The van der Waals surface area contributed by atoms with Crippen molar-refractivity contribution in [1.29, 1.82) is 0 Å². The molecule has 42 heavy (non-hydrogen) atoms. The quantitative estimate of drug-likeness (QED) is 0.286. The van der Waals surface area contributed by atoms with Crippen LogP contribution < -0.4 is 24.8 Å². The van der Waals surface area contributed by atoms with Crippen LogP contribution in [-0.2, 0) is 10.2 Å². The molecule has 0 spiro atoms. The van der Waals surface area contributed by atoms with Crippen LogP contribution in [0.15, 0.2) is 55.0 Å². The molecule has 4 aromatic rings. The molecule has 15 heteroatoms. The predicted molar refractivity (Wildman–Crippen MR) is 155 cm³/mol. The van der Waals surface area contributed by atoms with Gasteiger partial charge in [0.1, 0.15) is 28.8 Å². The normalized spacial score (nSPS) is 19.9. The SMILES string of the molecule is COc1cccc(F)c1-c1nc(C(=O)Nc2cc(F)ccc2N2[C@@H]3CC[C@H]2CC(NS(N)(=O)=O)C3)cn2ccnc12.Cl. The molecule has 6 rings (SSSR count). The first-order chi connectivity index (χ1) is 19.6. The molecule has 2 aromatic heterocycles. The van der Waals surface area contributed by atoms with Crippen LogP contribution >= 0.6 is 12.4 Å². The number of nitrogens with two attached hydrogens (primary N) is 1. The number of halogens is 3. The van der Waals surface area contributed by atoms with Crippen molar-refractivity contribution in [3.63, 3.8) is 0 Å². The van der Waals surface area contributed by atoms with Crippen LogP contribution in [-0.4, -0.2) is 53.9 Å². The second-order valence-electron chi connectivity index (χ2n) is 10.2. The van der Waals surface area contributed by atoms with Gasteiger partial charge in [-0.05, 0) is 56.0 Å². The molecule has 2 aliphatic heterocycles. The third-order valence-electron chi connectivity index (χ3n) is 7.59. The van der Waals surface area contributed by atoms with E-state index in [1.165, 1.54) is 43.8 Å². The maximum atomic E-state index is 15.0. The molecule has 2 bridgehead atoms. The summed E-state index contributed by atoms with van der Waals surface area (Å²) < 4.78 is 62.0. The van der Waals surface area contributed by atoms with Gasteiger partial charge in [0, 0.05) is 36.7 Å². The van der Waals surface area contributed by atoms with E-state index in [0.717, 1.165) is 12.8 Å². The number of aromatic nitrogens is 3. The number of ether oxygens (including phenoxy) is 1. The number of carbonyl (C=O) groups is 1. The van der Waals surface area contributed by atoms with Crippen LogP contribution in [0.5, 0.6) is 5.75 Å². The van der Waals surface area contributed by atoms with Crippen LogP contribution in [0.4, 0.5) is 20.2 Å². The van der Waals surface area contributed by atoms with Crippen molar-refractivity contribution in [3.8, 4) is 17.0 Å². The summed E-state index contributed by atoms with van der Waals surface area (Å²) in [4.78, 5) is 24.4. The minimum atomic E-state index is -3.85. The highest BCUT2D eigenvalue weighted by atomic mass is 35.5. The largest absolute Gasteiger partial charge is 0.496 e. The van der Waals surface area contributed by atoms with E-state index in [-0.39, 0.29) is 58.9 Å². The Balaban J connectivity index is 0.00000353. The Hall–Kier alpha value is -3.85. The molecule has 11 nitrogen and oxygen atoms in total. The molecular weight excluding hydrogens is 592 g/mol. The van der Waals surface area contributed by atoms with E-state index in [4.69, 9.17) is 9.88 Å². The average Bonchev–Trinajstić information content (AvgIpc) is 3.49. The molecule has 1 unspecified atom stereocenters. The van der Waals surface area contributed by atoms with Crippen molar-refractivity contribution < 1.29 is 26.7 Å². The fraction of sp³-hybridized carbons (Fsp3) is 0.296. The molecule has 2 aromatic carbocycles. The standard InChI is InChI=1S/C27H27F2N7O4S.ClH/c1-40-23-4-2-3-19(29)24(23)25-26-31-9-10-35(26)14-21(32-25)27(37)33-20-11-15(28)5-8-22(20)36-17-6-7-18(36)13-16(12-17)34-41(30,38)39;/h2-5,8-11,14,16-18,34H,6-7,12-13H2,1H3,(H,33,37)(H2,30,38,39);1H/t16?,17-,18+;. The summed E-state index contributed by atoms with van der Waals surface area (Å²) in [5.41, 5.74) is 1.29. The number of anilines is 2. The molecule has 1 amide bonds. The Morgan fingerprint density at radius 2 is 1.88 bits per heavy atom. The number of hydrogen-bond acceptors (Lipinski definition) is 7. The van der Waals surface area contributed by atoms with E-state index in [2.05, 4.69) is 24.9 Å². The third kappa shape index (κ3) is 5.62. The number of amides is 1. The van der Waals surface area contributed by atoms with Crippen molar-refractivity contribution in [3.05, 3.63) is 72.3 Å². The number of imidazole rings is 1. The highest BCUT2D eigenvalue weighted by Gasteiger charge is 2.42. The summed E-state index contributed by atoms with van der Waals surface area (Å²) in [7, 11) is -2.44. The van der Waals surface area contributed by atoms with Gasteiger partial charge in [0.2, 0.25) is 0 Å². The third-order valence-corrected chi connectivity index (χ3v) is 8.25. The summed E-state index contributed by atoms with van der Waals surface area (Å²) in [6.45, 7) is 0. The Morgan fingerprint density at radius 1 is 1.14 bits per heavy atom. The molecular formula is C27H28ClF2N7O4S. The predicted octanol–water partition coefficient (Wildman–Crippen LogP) is 3.65. The second-order valence-corrected chi connectivity index (χ2v) is 11.5. The minimum Gasteiger partial charge on any atom is -0.496 e. The highest BCUT2D eigenvalue weighted by Crippen LogP contribution is 2.43. The molecule has 0 aliphatic carbocycles. The molecule has 3 atom stereocenters. The molecule has 0 radical (unpaired) electrons. The van der Waals surface area contributed by atoms with Crippen molar-refractivity contribution in [2.75, 3.05) is 17.3 Å². The first-order valence-corrected chi connectivity index (χ1v) is 14.5. The molecule has 4 N–H and O–H groups in total. The summed E-state index contributed by atoms with van der Waals surface area (Å²) in [5.74, 6) is -1.55. The van der Waals surface area contributed by atoms with Crippen molar-refractivity contribution in [2.45, 2.75) is 43.8 Å². The summed E-state index contributed by atoms with van der Waals surface area (Å²) in [5, 5.41) is 7.98. The number of benzene rings is 2. The van der Waals surface area contributed by atoms with Crippen LogP contribution in [0.2, 0.25) is 0 Å². The number of methoxy groups -OCH3 is 1. The van der Waals surface area contributed by atoms with Crippen LogP contribution in [0.25, 0.3) is 16.9 Å². The summed E-state index contributed by atoms with van der Waals surface area (Å²) in [6, 6.07) is 8.13.